The van der Waals surface area contributed by atoms with Crippen molar-refractivity contribution < 1.29 is 0 Å². The van der Waals surface area contributed by atoms with Crippen molar-refractivity contribution in [3.63, 3.8) is 0 Å². The number of pyridine rings is 5. The van der Waals surface area contributed by atoms with Crippen LogP contribution in [0.5, 0.6) is 0 Å². The SMILES string of the molecule is CCCCCc1ccc(N(c2ccc(CCCCC)cn2)c2cccc(N(c3ccc(CCCCC)cn3)c3ccc(CCCCC)cn3)n2)nc1. The van der Waals surface area contributed by atoms with Crippen LogP contribution >= 0.6 is 0 Å². The molecular weight excluding hydrogens is 639 g/mol. The first-order valence-electron chi connectivity index (χ1n) is 20.0. The average molecular weight is 698 g/mol. The lowest BCUT2D eigenvalue weighted by Crippen LogP contribution is -2.18. The summed E-state index contributed by atoms with van der Waals surface area (Å²) in [6.07, 6.45) is 26.5. The van der Waals surface area contributed by atoms with Crippen LogP contribution in [0, 0.1) is 0 Å². The standard InChI is InChI=1S/C45H59N7/c1-5-9-13-18-36-24-28-40(46-32-36)51(41-29-25-37(33-47-41)19-14-10-6-2)44-22-17-23-45(50-44)52(42-30-26-38(34-48-42)20-15-11-7-3)43-31-27-39(35-49-43)21-16-12-8-4/h17,22-35H,5-16,18-21H2,1-4H3. The normalized spacial score (nSPS) is 11.2. The summed E-state index contributed by atoms with van der Waals surface area (Å²) < 4.78 is 0. The second-order valence-corrected chi connectivity index (χ2v) is 14.0. The van der Waals surface area contributed by atoms with E-state index in [1.54, 1.807) is 0 Å². The van der Waals surface area contributed by atoms with E-state index in [1.807, 2.05) is 43.0 Å². The summed E-state index contributed by atoms with van der Waals surface area (Å²) >= 11 is 0. The van der Waals surface area contributed by atoms with E-state index in [0.29, 0.717) is 0 Å². The van der Waals surface area contributed by atoms with Gasteiger partial charge in [-0.3, -0.25) is 9.80 Å². The van der Waals surface area contributed by atoms with Crippen molar-refractivity contribution >= 4 is 34.9 Å². The first kappa shape index (κ1) is 38.6. The van der Waals surface area contributed by atoms with Crippen LogP contribution in [0.25, 0.3) is 0 Å². The average Bonchev–Trinajstić information content (AvgIpc) is 3.18. The predicted molar refractivity (Wildman–Crippen MR) is 218 cm³/mol. The highest BCUT2D eigenvalue weighted by Crippen LogP contribution is 2.36. The van der Waals surface area contributed by atoms with Crippen LogP contribution in [0.2, 0.25) is 0 Å². The Bertz CT molecular complexity index is 1490. The van der Waals surface area contributed by atoms with Gasteiger partial charge in [0, 0.05) is 24.8 Å². The third-order valence-electron chi connectivity index (χ3n) is 9.61. The molecule has 0 saturated carbocycles. The maximum absolute atomic E-state index is 5.30. The number of anilines is 6. The molecule has 0 saturated heterocycles. The fourth-order valence-electron chi connectivity index (χ4n) is 6.47. The number of aryl methyl sites for hydroxylation is 4. The van der Waals surface area contributed by atoms with Gasteiger partial charge in [-0.05, 0) is 110 Å². The van der Waals surface area contributed by atoms with Gasteiger partial charge in [-0.25, -0.2) is 24.9 Å². The van der Waals surface area contributed by atoms with Gasteiger partial charge >= 0.3 is 0 Å². The van der Waals surface area contributed by atoms with E-state index in [1.165, 1.54) is 99.3 Å². The van der Waals surface area contributed by atoms with E-state index in [0.717, 1.165) is 60.6 Å². The minimum absolute atomic E-state index is 0.729. The van der Waals surface area contributed by atoms with Gasteiger partial charge in [0.1, 0.15) is 34.9 Å². The molecule has 5 heterocycles. The number of nitrogens with zero attached hydrogens (tertiary/aromatic N) is 7. The van der Waals surface area contributed by atoms with E-state index in [4.69, 9.17) is 24.9 Å². The second-order valence-electron chi connectivity index (χ2n) is 14.0. The van der Waals surface area contributed by atoms with Crippen molar-refractivity contribution in [1.29, 1.82) is 0 Å². The molecule has 0 aliphatic carbocycles. The zero-order valence-corrected chi connectivity index (χ0v) is 32.1. The summed E-state index contributed by atoms with van der Waals surface area (Å²) in [5.74, 6) is 4.59. The fraction of sp³-hybridized carbons (Fsp3) is 0.444. The lowest BCUT2D eigenvalue weighted by Gasteiger charge is -2.26. The van der Waals surface area contributed by atoms with Crippen molar-refractivity contribution in [2.45, 2.75) is 130 Å². The van der Waals surface area contributed by atoms with Gasteiger partial charge in [0.25, 0.3) is 0 Å². The molecule has 7 heteroatoms. The summed E-state index contributed by atoms with van der Waals surface area (Å²) in [7, 11) is 0. The largest absolute Gasteiger partial charge is 0.262 e. The van der Waals surface area contributed by atoms with Crippen LogP contribution in [0.4, 0.5) is 34.9 Å². The monoisotopic (exact) mass is 697 g/mol. The van der Waals surface area contributed by atoms with Gasteiger partial charge in [-0.15, -0.1) is 0 Å². The Hall–Kier alpha value is -4.65. The summed E-state index contributed by atoms with van der Waals surface area (Å²) in [6, 6.07) is 23.3. The maximum atomic E-state index is 5.30. The first-order valence-corrected chi connectivity index (χ1v) is 20.0. The van der Waals surface area contributed by atoms with Crippen LogP contribution in [0.1, 0.15) is 127 Å². The molecule has 0 N–H and O–H groups in total. The van der Waals surface area contributed by atoms with Crippen LogP contribution in [-0.2, 0) is 25.7 Å². The number of unbranched alkanes of at least 4 members (excludes halogenated alkanes) is 8. The fourth-order valence-corrected chi connectivity index (χ4v) is 6.47. The molecule has 0 amide bonds. The van der Waals surface area contributed by atoms with Crippen molar-refractivity contribution in [3.8, 4) is 0 Å². The molecule has 5 rings (SSSR count). The zero-order chi connectivity index (χ0) is 36.4. The summed E-state index contributed by atoms with van der Waals surface area (Å²) in [5.41, 5.74) is 4.99. The van der Waals surface area contributed by atoms with Crippen molar-refractivity contribution in [2.24, 2.45) is 0 Å². The van der Waals surface area contributed by atoms with Crippen LogP contribution in [0.3, 0.4) is 0 Å². The van der Waals surface area contributed by atoms with Gasteiger partial charge in [-0.2, -0.15) is 0 Å². The lowest BCUT2D eigenvalue weighted by molar-refractivity contribution is 0.715. The van der Waals surface area contributed by atoms with Gasteiger partial charge in [0.05, 0.1) is 0 Å². The number of hydrogen-bond donors (Lipinski definition) is 0. The third kappa shape index (κ3) is 11.2. The Balaban J connectivity index is 1.53. The smallest absolute Gasteiger partial charge is 0.142 e. The first-order chi connectivity index (χ1) is 25.6. The Labute approximate surface area is 313 Å². The quantitative estimate of drug-likeness (QED) is 0.0667. The van der Waals surface area contributed by atoms with Crippen molar-refractivity contribution in [3.05, 3.63) is 114 Å². The van der Waals surface area contributed by atoms with E-state index < -0.39 is 0 Å². The maximum Gasteiger partial charge on any atom is 0.142 e. The predicted octanol–water partition coefficient (Wildman–Crippen LogP) is 12.5. The molecule has 0 bridgehead atoms. The highest BCUT2D eigenvalue weighted by molar-refractivity contribution is 5.74. The highest BCUT2D eigenvalue weighted by Gasteiger charge is 2.21. The Morgan fingerprint density at radius 2 is 0.635 bits per heavy atom. The van der Waals surface area contributed by atoms with Gasteiger partial charge in [0.2, 0.25) is 0 Å². The molecule has 0 spiro atoms. The molecule has 0 atom stereocenters. The van der Waals surface area contributed by atoms with Crippen LogP contribution in [0.15, 0.2) is 91.5 Å². The Morgan fingerprint density at radius 3 is 0.865 bits per heavy atom. The molecule has 0 aliphatic heterocycles. The lowest BCUT2D eigenvalue weighted by atomic mass is 10.1. The zero-order valence-electron chi connectivity index (χ0n) is 32.1. The molecule has 0 unspecified atom stereocenters. The van der Waals surface area contributed by atoms with Gasteiger partial charge in [0.15, 0.2) is 0 Å². The van der Waals surface area contributed by atoms with Gasteiger partial charge < -0.3 is 0 Å². The molecule has 5 aromatic heterocycles. The molecule has 0 radical (unpaired) electrons. The summed E-state index contributed by atoms with van der Waals surface area (Å²) in [4.78, 5) is 29.3. The molecule has 5 aromatic rings. The van der Waals surface area contributed by atoms with Crippen molar-refractivity contribution in [2.75, 3.05) is 9.80 Å². The van der Waals surface area contributed by atoms with E-state index in [9.17, 15) is 0 Å². The number of hydrogen-bond acceptors (Lipinski definition) is 7. The second kappa shape index (κ2) is 21.0. The molecule has 52 heavy (non-hydrogen) atoms. The van der Waals surface area contributed by atoms with E-state index in [2.05, 4.69) is 86.0 Å². The topological polar surface area (TPSA) is 70.9 Å². The highest BCUT2D eigenvalue weighted by atomic mass is 15.3. The molecule has 7 nitrogen and oxygen atoms in total. The molecule has 0 aromatic carbocycles. The van der Waals surface area contributed by atoms with E-state index in [-0.39, 0.29) is 0 Å². The summed E-state index contributed by atoms with van der Waals surface area (Å²) in [6.45, 7) is 8.96. The Kier molecular flexibility index (Phi) is 15.6. The van der Waals surface area contributed by atoms with Crippen LogP contribution in [-0.4, -0.2) is 24.9 Å². The Morgan fingerprint density at radius 1 is 0.346 bits per heavy atom. The minimum Gasteiger partial charge on any atom is -0.262 e. The molecule has 0 aliphatic rings. The molecule has 0 fully saturated rings. The van der Waals surface area contributed by atoms with Crippen molar-refractivity contribution in [1.82, 2.24) is 24.9 Å². The van der Waals surface area contributed by atoms with Crippen LogP contribution < -0.4 is 9.80 Å². The molecular formula is C45H59N7. The van der Waals surface area contributed by atoms with E-state index >= 15 is 0 Å². The minimum atomic E-state index is 0.729. The number of aromatic nitrogens is 5. The molecule has 274 valence electrons. The third-order valence-corrected chi connectivity index (χ3v) is 9.61. The number of rotatable bonds is 22. The van der Waals surface area contributed by atoms with Gasteiger partial charge in [-0.1, -0.05) is 109 Å². The summed E-state index contributed by atoms with van der Waals surface area (Å²) in [5, 5.41) is 0.